The Morgan fingerprint density at radius 3 is 2.52 bits per heavy atom. The molecule has 3 aromatic rings. The number of carbonyl (C=O) groups excluding carboxylic acids is 3. The van der Waals surface area contributed by atoms with E-state index in [9.17, 15) is 14.4 Å². The molecule has 168 valence electrons. The maximum atomic E-state index is 14.1. The van der Waals surface area contributed by atoms with E-state index in [1.807, 2.05) is 54.6 Å². The van der Waals surface area contributed by atoms with E-state index in [0.717, 1.165) is 5.56 Å². The van der Waals surface area contributed by atoms with Gasteiger partial charge in [-0.05, 0) is 36.2 Å². The molecule has 2 atom stereocenters. The predicted molar refractivity (Wildman–Crippen MR) is 120 cm³/mol. The zero-order chi connectivity index (χ0) is 23.0. The number of amides is 2. The maximum absolute atomic E-state index is 14.1. The lowest BCUT2D eigenvalue weighted by atomic mass is 9.74. The first kappa shape index (κ1) is 21.0. The molecule has 0 N–H and O–H groups in total. The standard InChI is InChI=1S/C26H24N2O5/c1-2-32-24(30)23-26(15-22(29)28(23)17-19-11-8-14-33-19)20-12-6-7-13-21(20)27(25(26)31)16-18-9-4-3-5-10-18/h3-14,23H,2,15-17H2,1H3/t23-,26+/m0/s1. The minimum absolute atomic E-state index is 0.0885. The van der Waals surface area contributed by atoms with Crippen LogP contribution in [0.2, 0.25) is 0 Å². The van der Waals surface area contributed by atoms with Gasteiger partial charge in [0.15, 0.2) is 0 Å². The van der Waals surface area contributed by atoms with Crippen LogP contribution in [0.15, 0.2) is 77.4 Å². The fourth-order valence-electron chi connectivity index (χ4n) is 5.06. The molecule has 0 unspecified atom stereocenters. The molecule has 2 aromatic carbocycles. The van der Waals surface area contributed by atoms with Crippen LogP contribution in [0.25, 0.3) is 0 Å². The van der Waals surface area contributed by atoms with Crippen molar-refractivity contribution in [2.45, 2.75) is 37.9 Å². The molecule has 0 saturated carbocycles. The number of hydrogen-bond acceptors (Lipinski definition) is 5. The second kappa shape index (κ2) is 8.24. The van der Waals surface area contributed by atoms with E-state index in [1.54, 1.807) is 24.0 Å². The molecule has 1 spiro atoms. The van der Waals surface area contributed by atoms with Crippen LogP contribution in [0.5, 0.6) is 0 Å². The van der Waals surface area contributed by atoms with Crippen LogP contribution < -0.4 is 4.90 Å². The maximum Gasteiger partial charge on any atom is 0.330 e. The second-order valence-electron chi connectivity index (χ2n) is 8.30. The molecule has 1 aromatic heterocycles. The number of benzene rings is 2. The summed E-state index contributed by atoms with van der Waals surface area (Å²) in [4.78, 5) is 43.8. The Balaban J connectivity index is 1.62. The summed E-state index contributed by atoms with van der Waals surface area (Å²) in [7, 11) is 0. The fraction of sp³-hybridized carbons (Fsp3) is 0.269. The number of esters is 1. The summed E-state index contributed by atoms with van der Waals surface area (Å²) >= 11 is 0. The summed E-state index contributed by atoms with van der Waals surface area (Å²) in [5, 5.41) is 0. The lowest BCUT2D eigenvalue weighted by Gasteiger charge is -2.32. The van der Waals surface area contributed by atoms with Gasteiger partial charge in [-0.15, -0.1) is 0 Å². The Hall–Kier alpha value is -3.87. The van der Waals surface area contributed by atoms with Crippen molar-refractivity contribution in [1.29, 1.82) is 0 Å². The number of hydrogen-bond donors (Lipinski definition) is 0. The Morgan fingerprint density at radius 1 is 1.03 bits per heavy atom. The highest BCUT2D eigenvalue weighted by Crippen LogP contribution is 2.52. The Kier molecular flexibility index (Phi) is 5.24. The SMILES string of the molecule is CCOC(=O)[C@@H]1N(Cc2ccco2)C(=O)C[C@]12C(=O)N(Cc1ccccc1)c1ccccc12. The molecule has 2 amide bonds. The van der Waals surface area contributed by atoms with Crippen LogP contribution >= 0.6 is 0 Å². The molecule has 7 nitrogen and oxygen atoms in total. The van der Waals surface area contributed by atoms with E-state index >= 15 is 0 Å². The van der Waals surface area contributed by atoms with Crippen LogP contribution in [-0.2, 0) is 37.6 Å². The molecule has 7 heteroatoms. The van der Waals surface area contributed by atoms with E-state index in [1.165, 1.54) is 11.2 Å². The van der Waals surface area contributed by atoms with Crippen molar-refractivity contribution in [2.24, 2.45) is 0 Å². The molecular weight excluding hydrogens is 420 g/mol. The van der Waals surface area contributed by atoms with Gasteiger partial charge in [-0.25, -0.2) is 4.79 Å². The van der Waals surface area contributed by atoms with Gasteiger partial charge in [-0.2, -0.15) is 0 Å². The largest absolute Gasteiger partial charge is 0.467 e. The number of likely N-dealkylation sites (tertiary alicyclic amines) is 1. The van der Waals surface area contributed by atoms with Crippen molar-refractivity contribution in [3.63, 3.8) is 0 Å². The molecule has 2 aliphatic rings. The van der Waals surface area contributed by atoms with Crippen molar-refractivity contribution < 1.29 is 23.5 Å². The molecule has 1 saturated heterocycles. The topological polar surface area (TPSA) is 80.1 Å². The summed E-state index contributed by atoms with van der Waals surface area (Å²) < 4.78 is 10.8. The first-order valence-corrected chi connectivity index (χ1v) is 11.0. The molecule has 33 heavy (non-hydrogen) atoms. The van der Waals surface area contributed by atoms with Crippen LogP contribution in [0.1, 0.15) is 30.2 Å². The number of furan rings is 1. The highest BCUT2D eigenvalue weighted by atomic mass is 16.5. The summed E-state index contributed by atoms with van der Waals surface area (Å²) in [6.45, 7) is 2.30. The lowest BCUT2D eigenvalue weighted by molar-refractivity contribution is -0.155. The molecule has 5 rings (SSSR count). The molecular formula is C26H24N2O5. The Morgan fingerprint density at radius 2 is 1.79 bits per heavy atom. The van der Waals surface area contributed by atoms with Crippen LogP contribution in [0.4, 0.5) is 5.69 Å². The molecule has 0 bridgehead atoms. The van der Waals surface area contributed by atoms with Gasteiger partial charge in [0.05, 0.1) is 26.0 Å². The Bertz CT molecular complexity index is 1190. The summed E-state index contributed by atoms with van der Waals surface area (Å²) in [6, 6.07) is 19.5. The molecule has 0 aliphatic carbocycles. The summed E-state index contributed by atoms with van der Waals surface area (Å²) in [6.07, 6.45) is 1.42. The fourth-order valence-corrected chi connectivity index (χ4v) is 5.06. The molecule has 1 fully saturated rings. The summed E-state index contributed by atoms with van der Waals surface area (Å²) in [5.41, 5.74) is 1.01. The van der Waals surface area contributed by atoms with Gasteiger partial charge in [0.2, 0.25) is 11.8 Å². The van der Waals surface area contributed by atoms with Gasteiger partial charge in [0.25, 0.3) is 0 Å². The average Bonchev–Trinajstić information content (AvgIpc) is 3.50. The lowest BCUT2D eigenvalue weighted by Crippen LogP contribution is -2.53. The number of nitrogens with zero attached hydrogens (tertiary/aromatic N) is 2. The van der Waals surface area contributed by atoms with E-state index in [0.29, 0.717) is 23.6 Å². The van der Waals surface area contributed by atoms with Gasteiger partial charge in [-0.1, -0.05) is 48.5 Å². The molecule has 0 radical (unpaired) electrons. The van der Waals surface area contributed by atoms with Crippen molar-refractivity contribution in [1.82, 2.24) is 4.90 Å². The zero-order valence-electron chi connectivity index (χ0n) is 18.3. The van der Waals surface area contributed by atoms with Gasteiger partial charge < -0.3 is 19.0 Å². The van der Waals surface area contributed by atoms with E-state index < -0.39 is 17.4 Å². The average molecular weight is 444 g/mol. The normalized spacial score (nSPS) is 21.7. The smallest absolute Gasteiger partial charge is 0.330 e. The molecule has 2 aliphatic heterocycles. The second-order valence-corrected chi connectivity index (χ2v) is 8.30. The van der Waals surface area contributed by atoms with Crippen LogP contribution in [-0.4, -0.2) is 35.3 Å². The number of fused-ring (bicyclic) bond motifs is 2. The number of para-hydroxylation sites is 1. The highest BCUT2D eigenvalue weighted by molar-refractivity contribution is 6.15. The predicted octanol–water partition coefficient (Wildman–Crippen LogP) is 3.43. The number of anilines is 1. The van der Waals surface area contributed by atoms with E-state index in [4.69, 9.17) is 9.15 Å². The number of carbonyl (C=O) groups is 3. The quantitative estimate of drug-likeness (QED) is 0.544. The van der Waals surface area contributed by atoms with E-state index in [2.05, 4.69) is 0 Å². The highest BCUT2D eigenvalue weighted by Gasteiger charge is 2.66. The number of rotatable bonds is 6. The zero-order valence-corrected chi connectivity index (χ0v) is 18.3. The van der Waals surface area contributed by atoms with Crippen molar-refractivity contribution >= 4 is 23.5 Å². The summed E-state index contributed by atoms with van der Waals surface area (Å²) in [5.74, 6) is -0.593. The minimum Gasteiger partial charge on any atom is -0.467 e. The van der Waals surface area contributed by atoms with Gasteiger partial charge in [0, 0.05) is 12.1 Å². The van der Waals surface area contributed by atoms with Gasteiger partial charge in [-0.3, -0.25) is 9.59 Å². The Labute approximate surface area is 191 Å². The van der Waals surface area contributed by atoms with E-state index in [-0.39, 0.29) is 31.4 Å². The third-order valence-electron chi connectivity index (χ3n) is 6.43. The molecule has 3 heterocycles. The first-order chi connectivity index (χ1) is 16.1. The van der Waals surface area contributed by atoms with Crippen LogP contribution in [0, 0.1) is 0 Å². The van der Waals surface area contributed by atoms with Crippen molar-refractivity contribution in [2.75, 3.05) is 11.5 Å². The third kappa shape index (κ3) is 3.31. The van der Waals surface area contributed by atoms with Gasteiger partial charge in [0.1, 0.15) is 17.2 Å². The van der Waals surface area contributed by atoms with Crippen LogP contribution in [0.3, 0.4) is 0 Å². The number of ether oxygens (including phenoxy) is 1. The third-order valence-corrected chi connectivity index (χ3v) is 6.43. The van der Waals surface area contributed by atoms with Crippen molar-refractivity contribution in [3.05, 3.63) is 89.9 Å². The minimum atomic E-state index is -1.35. The van der Waals surface area contributed by atoms with Gasteiger partial charge >= 0.3 is 5.97 Å². The monoisotopic (exact) mass is 444 g/mol. The van der Waals surface area contributed by atoms with Crippen molar-refractivity contribution in [3.8, 4) is 0 Å². The first-order valence-electron chi connectivity index (χ1n) is 11.0.